The zero-order chi connectivity index (χ0) is 14.7. The van der Waals surface area contributed by atoms with Crippen LogP contribution < -0.4 is 0 Å². The summed E-state index contributed by atoms with van der Waals surface area (Å²) in [6.07, 6.45) is 2.47. The summed E-state index contributed by atoms with van der Waals surface area (Å²) in [5.41, 5.74) is 4.11. The van der Waals surface area contributed by atoms with Gasteiger partial charge in [-0.2, -0.15) is 0 Å². The van der Waals surface area contributed by atoms with E-state index in [1.807, 2.05) is 42.5 Å². The fourth-order valence-corrected chi connectivity index (χ4v) is 2.86. The van der Waals surface area contributed by atoms with E-state index < -0.39 is 0 Å². The molecule has 0 radical (unpaired) electrons. The van der Waals surface area contributed by atoms with Crippen LogP contribution in [0.5, 0.6) is 0 Å². The standard InChI is InChI=1S/C18H13Cl2N/c19-16-9-4-10-17(20)15(16)12-14-8-5-11-21-18(14)13-6-2-1-3-7-13/h1-11H,12H2. The molecule has 0 aliphatic carbocycles. The lowest BCUT2D eigenvalue weighted by Gasteiger charge is -2.11. The Morgan fingerprint density at radius 2 is 1.48 bits per heavy atom. The molecule has 3 rings (SSSR count). The summed E-state index contributed by atoms with van der Waals surface area (Å²) in [5.74, 6) is 0. The van der Waals surface area contributed by atoms with Gasteiger partial charge in [-0.3, -0.25) is 4.98 Å². The molecular weight excluding hydrogens is 301 g/mol. The monoisotopic (exact) mass is 313 g/mol. The normalized spacial score (nSPS) is 10.6. The van der Waals surface area contributed by atoms with Crippen molar-refractivity contribution in [3.8, 4) is 11.3 Å². The van der Waals surface area contributed by atoms with Gasteiger partial charge in [-0.1, -0.05) is 65.7 Å². The number of nitrogens with zero attached hydrogens (tertiary/aromatic N) is 1. The van der Waals surface area contributed by atoms with E-state index in [1.165, 1.54) is 0 Å². The summed E-state index contributed by atoms with van der Waals surface area (Å²) in [4.78, 5) is 4.52. The smallest absolute Gasteiger partial charge is 0.0737 e. The Bertz CT molecular complexity index is 734. The molecule has 0 N–H and O–H groups in total. The average Bonchev–Trinajstić information content (AvgIpc) is 2.52. The van der Waals surface area contributed by atoms with Crippen molar-refractivity contribution in [2.24, 2.45) is 0 Å². The molecule has 2 aromatic carbocycles. The largest absolute Gasteiger partial charge is 0.256 e. The summed E-state index contributed by atoms with van der Waals surface area (Å²) >= 11 is 12.5. The summed E-state index contributed by atoms with van der Waals surface area (Å²) in [6, 6.07) is 19.7. The van der Waals surface area contributed by atoms with Crippen LogP contribution in [0, 0.1) is 0 Å². The van der Waals surface area contributed by atoms with Crippen LogP contribution >= 0.6 is 23.2 Å². The van der Waals surface area contributed by atoms with Crippen LogP contribution in [0.15, 0.2) is 66.9 Å². The van der Waals surface area contributed by atoms with Crippen molar-refractivity contribution in [3.63, 3.8) is 0 Å². The molecule has 0 unspecified atom stereocenters. The Morgan fingerprint density at radius 3 is 2.19 bits per heavy atom. The second-order valence-electron chi connectivity index (χ2n) is 4.75. The van der Waals surface area contributed by atoms with Crippen LogP contribution in [-0.4, -0.2) is 4.98 Å². The molecule has 0 aliphatic rings. The van der Waals surface area contributed by atoms with Gasteiger partial charge in [0.25, 0.3) is 0 Å². The predicted octanol–water partition coefficient (Wildman–Crippen LogP) is 5.65. The third-order valence-electron chi connectivity index (χ3n) is 3.37. The van der Waals surface area contributed by atoms with Gasteiger partial charge < -0.3 is 0 Å². The van der Waals surface area contributed by atoms with Gasteiger partial charge in [0.2, 0.25) is 0 Å². The minimum Gasteiger partial charge on any atom is -0.256 e. The highest BCUT2D eigenvalue weighted by atomic mass is 35.5. The number of hydrogen-bond acceptors (Lipinski definition) is 1. The van der Waals surface area contributed by atoms with Crippen molar-refractivity contribution in [1.29, 1.82) is 0 Å². The van der Waals surface area contributed by atoms with E-state index in [4.69, 9.17) is 23.2 Å². The van der Waals surface area contributed by atoms with Gasteiger partial charge in [0.05, 0.1) is 5.69 Å². The topological polar surface area (TPSA) is 12.9 Å². The molecular formula is C18H13Cl2N. The maximum Gasteiger partial charge on any atom is 0.0737 e. The van der Waals surface area contributed by atoms with E-state index in [9.17, 15) is 0 Å². The molecule has 1 nitrogen and oxygen atoms in total. The zero-order valence-corrected chi connectivity index (χ0v) is 12.8. The predicted molar refractivity (Wildman–Crippen MR) is 88.9 cm³/mol. The van der Waals surface area contributed by atoms with E-state index in [0.29, 0.717) is 16.5 Å². The quantitative estimate of drug-likeness (QED) is 0.609. The SMILES string of the molecule is Clc1cccc(Cl)c1Cc1cccnc1-c1ccccc1. The van der Waals surface area contributed by atoms with Crippen LogP contribution in [0.4, 0.5) is 0 Å². The Hall–Kier alpha value is -1.83. The van der Waals surface area contributed by atoms with Gasteiger partial charge in [-0.15, -0.1) is 0 Å². The molecule has 0 saturated heterocycles. The number of pyridine rings is 1. The Kier molecular flexibility index (Phi) is 4.23. The first-order chi connectivity index (χ1) is 10.3. The lowest BCUT2D eigenvalue weighted by molar-refractivity contribution is 1.15. The maximum absolute atomic E-state index is 6.27. The van der Waals surface area contributed by atoms with E-state index in [-0.39, 0.29) is 0 Å². The highest BCUT2D eigenvalue weighted by Crippen LogP contribution is 2.30. The summed E-state index contributed by atoms with van der Waals surface area (Å²) in [5, 5.41) is 1.37. The highest BCUT2D eigenvalue weighted by Gasteiger charge is 2.11. The van der Waals surface area contributed by atoms with Crippen molar-refractivity contribution in [2.45, 2.75) is 6.42 Å². The molecule has 0 spiro atoms. The highest BCUT2D eigenvalue weighted by molar-refractivity contribution is 6.36. The molecule has 0 aliphatic heterocycles. The van der Waals surface area contributed by atoms with Crippen LogP contribution in [0.3, 0.4) is 0 Å². The molecule has 0 bridgehead atoms. The van der Waals surface area contributed by atoms with Gasteiger partial charge in [0.1, 0.15) is 0 Å². The van der Waals surface area contributed by atoms with Crippen LogP contribution in [-0.2, 0) is 6.42 Å². The number of benzene rings is 2. The third-order valence-corrected chi connectivity index (χ3v) is 4.08. The first kappa shape index (κ1) is 14.1. The Balaban J connectivity index is 2.05. The first-order valence-corrected chi connectivity index (χ1v) is 7.43. The maximum atomic E-state index is 6.27. The Labute approximate surface area is 134 Å². The van der Waals surface area contributed by atoms with E-state index in [0.717, 1.165) is 22.4 Å². The number of rotatable bonds is 3. The van der Waals surface area contributed by atoms with Gasteiger partial charge in [-0.05, 0) is 29.3 Å². The van der Waals surface area contributed by atoms with Gasteiger partial charge in [-0.25, -0.2) is 0 Å². The molecule has 0 saturated carbocycles. The van der Waals surface area contributed by atoms with Crippen molar-refractivity contribution < 1.29 is 0 Å². The molecule has 3 aromatic rings. The Morgan fingerprint density at radius 1 is 0.762 bits per heavy atom. The van der Waals surface area contributed by atoms with Gasteiger partial charge in [0, 0.05) is 28.2 Å². The molecule has 1 aromatic heterocycles. The van der Waals surface area contributed by atoms with E-state index in [2.05, 4.69) is 23.2 Å². The molecule has 0 atom stereocenters. The summed E-state index contributed by atoms with van der Waals surface area (Å²) < 4.78 is 0. The van der Waals surface area contributed by atoms with Gasteiger partial charge in [0.15, 0.2) is 0 Å². The second-order valence-corrected chi connectivity index (χ2v) is 5.57. The fraction of sp³-hybridized carbons (Fsp3) is 0.0556. The molecule has 0 amide bonds. The molecule has 0 fully saturated rings. The second kappa shape index (κ2) is 6.30. The van der Waals surface area contributed by atoms with Gasteiger partial charge >= 0.3 is 0 Å². The lowest BCUT2D eigenvalue weighted by atomic mass is 9.99. The summed E-state index contributed by atoms with van der Waals surface area (Å²) in [7, 11) is 0. The van der Waals surface area contributed by atoms with Crippen LogP contribution in [0.2, 0.25) is 10.0 Å². The number of halogens is 2. The summed E-state index contributed by atoms with van der Waals surface area (Å²) in [6.45, 7) is 0. The first-order valence-electron chi connectivity index (χ1n) is 6.68. The minimum absolute atomic E-state index is 0.663. The van der Waals surface area contributed by atoms with E-state index >= 15 is 0 Å². The van der Waals surface area contributed by atoms with E-state index in [1.54, 1.807) is 6.20 Å². The molecule has 1 heterocycles. The minimum atomic E-state index is 0.663. The average molecular weight is 314 g/mol. The van der Waals surface area contributed by atoms with Crippen molar-refractivity contribution in [3.05, 3.63) is 88.0 Å². The van der Waals surface area contributed by atoms with Crippen molar-refractivity contribution in [1.82, 2.24) is 4.98 Å². The third kappa shape index (κ3) is 3.10. The molecule has 3 heteroatoms. The molecule has 21 heavy (non-hydrogen) atoms. The van der Waals surface area contributed by atoms with Crippen molar-refractivity contribution in [2.75, 3.05) is 0 Å². The lowest BCUT2D eigenvalue weighted by Crippen LogP contribution is -1.96. The van der Waals surface area contributed by atoms with Crippen molar-refractivity contribution >= 4 is 23.2 Å². The fourth-order valence-electron chi connectivity index (χ4n) is 2.33. The number of aromatic nitrogens is 1. The number of hydrogen-bond donors (Lipinski definition) is 0. The zero-order valence-electron chi connectivity index (χ0n) is 11.3. The molecule has 104 valence electrons. The van der Waals surface area contributed by atoms with Crippen LogP contribution in [0.1, 0.15) is 11.1 Å². The van der Waals surface area contributed by atoms with Crippen LogP contribution in [0.25, 0.3) is 11.3 Å².